The second-order valence-electron chi connectivity index (χ2n) is 6.98. The highest BCUT2D eigenvalue weighted by molar-refractivity contribution is 6.30. The van der Waals surface area contributed by atoms with E-state index >= 15 is 0 Å². The summed E-state index contributed by atoms with van der Waals surface area (Å²) in [7, 11) is 0. The number of carbonyl (C=O) groups is 1. The van der Waals surface area contributed by atoms with E-state index in [1.807, 2.05) is 57.2 Å². The van der Waals surface area contributed by atoms with Gasteiger partial charge in [0.25, 0.3) is 0 Å². The van der Waals surface area contributed by atoms with E-state index in [4.69, 9.17) is 11.6 Å². The van der Waals surface area contributed by atoms with Crippen LogP contribution in [0, 0.1) is 0 Å². The topological polar surface area (TPSA) is 40.2 Å². The number of rotatable bonds is 5. The van der Waals surface area contributed by atoms with E-state index in [-0.39, 0.29) is 11.8 Å². The lowest BCUT2D eigenvalue weighted by Gasteiger charge is -2.35. The number of hydrogen-bond donors (Lipinski definition) is 0. The minimum atomic E-state index is -0.546. The van der Waals surface area contributed by atoms with Gasteiger partial charge in [0, 0.05) is 16.1 Å². The van der Waals surface area contributed by atoms with Crippen LogP contribution in [0.2, 0.25) is 5.02 Å². The molecule has 1 radical (unpaired) electrons. The van der Waals surface area contributed by atoms with Crippen LogP contribution in [-0.2, 0) is 11.6 Å². The third-order valence-corrected chi connectivity index (χ3v) is 4.26. The monoisotopic (exact) mass is 344 g/mol. The largest absolute Gasteiger partial charge is 0.295 e. The van der Waals surface area contributed by atoms with Gasteiger partial charge in [0.05, 0.1) is 6.04 Å². The molecule has 4 heteroatoms. The second kappa shape index (κ2) is 7.47. The van der Waals surface area contributed by atoms with Crippen LogP contribution >= 0.6 is 11.6 Å². The minimum absolute atomic E-state index is 0.00802. The molecule has 24 heavy (non-hydrogen) atoms. The highest BCUT2D eigenvalue weighted by Crippen LogP contribution is 2.31. The van der Waals surface area contributed by atoms with Gasteiger partial charge in [0.1, 0.15) is 0 Å². The van der Waals surface area contributed by atoms with Crippen LogP contribution in [0.3, 0.4) is 0 Å². The number of nitrogens with zero attached hydrogens (tertiary/aromatic N) is 1. The van der Waals surface area contributed by atoms with Gasteiger partial charge in [0.2, 0.25) is 0 Å². The van der Waals surface area contributed by atoms with Crippen molar-refractivity contribution < 1.29 is 10.0 Å². The standard InChI is InChI=1S/C20H23ClNO2/c1-14(23)18-8-6-5-7-16(18)13-19(22(24)20(2,3)4)15-9-11-17(21)12-10-15/h5-12,19H,13H2,1-4H3. The van der Waals surface area contributed by atoms with Gasteiger partial charge in [-0.3, -0.25) is 4.79 Å². The molecule has 1 unspecified atom stereocenters. The molecule has 2 rings (SSSR count). The summed E-state index contributed by atoms with van der Waals surface area (Å²) in [6.07, 6.45) is 0.470. The molecule has 0 bridgehead atoms. The summed E-state index contributed by atoms with van der Waals surface area (Å²) >= 11 is 5.98. The molecule has 2 aromatic rings. The molecule has 1 atom stereocenters. The maximum atomic E-state index is 12.9. The van der Waals surface area contributed by atoms with Crippen molar-refractivity contribution in [3.63, 3.8) is 0 Å². The maximum absolute atomic E-state index is 12.9. The SMILES string of the molecule is CC(=O)c1ccccc1CC(c1ccc(Cl)cc1)N([O])C(C)(C)C. The van der Waals surface area contributed by atoms with E-state index in [9.17, 15) is 10.0 Å². The summed E-state index contributed by atoms with van der Waals surface area (Å²) in [4.78, 5) is 11.9. The molecule has 3 nitrogen and oxygen atoms in total. The fraction of sp³-hybridized carbons (Fsp3) is 0.350. The molecule has 0 aliphatic rings. The highest BCUT2D eigenvalue weighted by Gasteiger charge is 2.31. The Morgan fingerprint density at radius 2 is 1.67 bits per heavy atom. The van der Waals surface area contributed by atoms with Crippen LogP contribution in [0.4, 0.5) is 0 Å². The molecule has 0 amide bonds. The van der Waals surface area contributed by atoms with Crippen LogP contribution in [0.15, 0.2) is 48.5 Å². The summed E-state index contributed by atoms with van der Waals surface area (Å²) in [6.45, 7) is 7.22. The first-order valence-corrected chi connectivity index (χ1v) is 8.38. The van der Waals surface area contributed by atoms with E-state index in [0.29, 0.717) is 17.0 Å². The lowest BCUT2D eigenvalue weighted by atomic mass is 9.92. The van der Waals surface area contributed by atoms with Crippen LogP contribution < -0.4 is 0 Å². The van der Waals surface area contributed by atoms with Crippen molar-refractivity contribution >= 4 is 17.4 Å². The van der Waals surface area contributed by atoms with Gasteiger partial charge in [-0.05, 0) is 57.4 Å². The smallest absolute Gasteiger partial charge is 0.160 e. The van der Waals surface area contributed by atoms with Gasteiger partial charge in [-0.2, -0.15) is 0 Å². The average molecular weight is 345 g/mol. The Kier molecular flexibility index (Phi) is 5.81. The number of hydrogen-bond acceptors (Lipinski definition) is 2. The van der Waals surface area contributed by atoms with Crippen LogP contribution in [0.1, 0.15) is 55.2 Å². The molecule has 0 aromatic heterocycles. The Morgan fingerprint density at radius 3 is 2.21 bits per heavy atom. The van der Waals surface area contributed by atoms with Crippen molar-refractivity contribution in [2.45, 2.75) is 45.7 Å². The minimum Gasteiger partial charge on any atom is -0.295 e. The van der Waals surface area contributed by atoms with Crippen LogP contribution in [-0.4, -0.2) is 16.4 Å². The number of halogens is 1. The molecule has 0 N–H and O–H groups in total. The quantitative estimate of drug-likeness (QED) is 0.547. The van der Waals surface area contributed by atoms with E-state index < -0.39 is 5.54 Å². The molecule has 0 saturated heterocycles. The predicted octanol–water partition coefficient (Wildman–Crippen LogP) is 5.27. The summed E-state index contributed by atoms with van der Waals surface area (Å²) < 4.78 is 0. The Balaban J connectivity index is 2.44. The zero-order chi connectivity index (χ0) is 17.9. The molecule has 0 aliphatic carbocycles. The maximum Gasteiger partial charge on any atom is 0.160 e. The first kappa shape index (κ1) is 18.7. The lowest BCUT2D eigenvalue weighted by Crippen LogP contribution is -2.41. The molecule has 0 aliphatic heterocycles. The molecule has 0 spiro atoms. The van der Waals surface area contributed by atoms with Crippen molar-refractivity contribution in [1.82, 2.24) is 5.06 Å². The fourth-order valence-electron chi connectivity index (χ4n) is 2.74. The summed E-state index contributed by atoms with van der Waals surface area (Å²) in [5.74, 6) is 0.00802. The van der Waals surface area contributed by atoms with Crippen molar-refractivity contribution in [1.29, 1.82) is 0 Å². The van der Waals surface area contributed by atoms with Gasteiger partial charge < -0.3 is 0 Å². The van der Waals surface area contributed by atoms with E-state index in [0.717, 1.165) is 16.2 Å². The Bertz CT molecular complexity index is 704. The summed E-state index contributed by atoms with van der Waals surface area (Å²) in [5, 5.41) is 14.7. The zero-order valence-electron chi connectivity index (χ0n) is 14.5. The number of hydroxylamine groups is 2. The van der Waals surface area contributed by atoms with Crippen LogP contribution in [0.5, 0.6) is 0 Å². The third kappa shape index (κ3) is 4.44. The summed E-state index contributed by atoms with van der Waals surface area (Å²) in [5.41, 5.74) is 1.90. The van der Waals surface area contributed by atoms with Gasteiger partial charge in [-0.15, -0.1) is 10.3 Å². The van der Waals surface area contributed by atoms with Crippen molar-refractivity contribution in [3.05, 3.63) is 70.2 Å². The molecule has 0 fully saturated rings. The van der Waals surface area contributed by atoms with E-state index in [2.05, 4.69) is 0 Å². The molecule has 2 aromatic carbocycles. The first-order valence-electron chi connectivity index (χ1n) is 8.01. The number of carbonyl (C=O) groups excluding carboxylic acids is 1. The molecule has 0 heterocycles. The van der Waals surface area contributed by atoms with E-state index in [1.165, 1.54) is 0 Å². The number of ketones is 1. The van der Waals surface area contributed by atoms with Crippen molar-refractivity contribution in [2.24, 2.45) is 0 Å². The highest BCUT2D eigenvalue weighted by atomic mass is 35.5. The van der Waals surface area contributed by atoms with Crippen molar-refractivity contribution in [3.8, 4) is 0 Å². The number of benzene rings is 2. The Labute approximate surface area is 148 Å². The molecule has 0 saturated carbocycles. The lowest BCUT2D eigenvalue weighted by molar-refractivity contribution is -0.241. The van der Waals surface area contributed by atoms with Gasteiger partial charge in [-0.1, -0.05) is 48.0 Å². The normalized spacial score (nSPS) is 13.1. The summed E-state index contributed by atoms with van der Waals surface area (Å²) in [6, 6.07) is 14.4. The van der Waals surface area contributed by atoms with Gasteiger partial charge >= 0.3 is 0 Å². The van der Waals surface area contributed by atoms with Crippen molar-refractivity contribution in [2.75, 3.05) is 0 Å². The average Bonchev–Trinajstić information content (AvgIpc) is 2.52. The molecule has 127 valence electrons. The first-order chi connectivity index (χ1) is 11.2. The van der Waals surface area contributed by atoms with Crippen LogP contribution in [0.25, 0.3) is 0 Å². The molecular formula is C20H23ClNO2. The Morgan fingerprint density at radius 1 is 1.08 bits per heavy atom. The molecular weight excluding hydrogens is 322 g/mol. The second-order valence-corrected chi connectivity index (χ2v) is 7.42. The van der Waals surface area contributed by atoms with Gasteiger partial charge in [-0.25, -0.2) is 0 Å². The number of Topliss-reactive ketones (excluding diaryl/α,β-unsaturated/α-hetero) is 1. The predicted molar refractivity (Wildman–Crippen MR) is 96.6 cm³/mol. The third-order valence-electron chi connectivity index (χ3n) is 4.01. The van der Waals surface area contributed by atoms with Gasteiger partial charge in [0.15, 0.2) is 5.78 Å². The Hall–Kier alpha value is -1.68. The fourth-order valence-corrected chi connectivity index (χ4v) is 2.86. The van der Waals surface area contributed by atoms with E-state index in [1.54, 1.807) is 19.1 Å². The zero-order valence-corrected chi connectivity index (χ0v) is 15.3.